The van der Waals surface area contributed by atoms with Gasteiger partial charge in [0.25, 0.3) is 0 Å². The number of ether oxygens (including phenoxy) is 2. The Kier molecular flexibility index (Phi) is 49.6. The second-order valence-corrected chi connectivity index (χ2v) is 20.3. The standard InChI is InChI=1S/C53H106NO8P/c1-3-5-7-9-11-13-15-17-18-19-20-21-22-23-24-25-26-27-28-29-30-31-32-34-36-38-40-42-44-46-53(56)62-51(50-61-63(57,58)60-48-47-54)49-59-52(55)45-43-41-39-37-35-33-16-14-12-10-8-6-4-2/h51H,3-50,54H2,1-2H3,(H,57,58). The maximum absolute atomic E-state index is 12.7. The first-order chi connectivity index (χ1) is 30.8. The van der Waals surface area contributed by atoms with E-state index < -0.39 is 26.5 Å². The van der Waals surface area contributed by atoms with Crippen molar-refractivity contribution >= 4 is 19.8 Å². The van der Waals surface area contributed by atoms with Gasteiger partial charge in [-0.05, 0) is 12.8 Å². The van der Waals surface area contributed by atoms with Crippen LogP contribution in [0.3, 0.4) is 0 Å². The second kappa shape index (κ2) is 50.4. The smallest absolute Gasteiger partial charge is 0.462 e. The Labute approximate surface area is 390 Å². The van der Waals surface area contributed by atoms with Gasteiger partial charge in [-0.1, -0.05) is 271 Å². The van der Waals surface area contributed by atoms with Gasteiger partial charge in [0.1, 0.15) is 6.61 Å². The summed E-state index contributed by atoms with van der Waals surface area (Å²) in [5.41, 5.74) is 5.37. The average Bonchev–Trinajstić information content (AvgIpc) is 3.27. The van der Waals surface area contributed by atoms with Crippen molar-refractivity contribution in [3.05, 3.63) is 0 Å². The highest BCUT2D eigenvalue weighted by molar-refractivity contribution is 7.47. The topological polar surface area (TPSA) is 134 Å². The van der Waals surface area contributed by atoms with Crippen LogP contribution in [0.15, 0.2) is 0 Å². The quantitative estimate of drug-likeness (QED) is 0.0347. The molecule has 0 aliphatic heterocycles. The van der Waals surface area contributed by atoms with E-state index in [-0.39, 0.29) is 38.6 Å². The van der Waals surface area contributed by atoms with E-state index in [0.29, 0.717) is 6.42 Å². The minimum absolute atomic E-state index is 0.0583. The molecule has 0 aromatic rings. The Hall–Kier alpha value is -0.990. The molecular formula is C53H106NO8P. The molecule has 0 saturated heterocycles. The molecule has 2 unspecified atom stereocenters. The second-order valence-electron chi connectivity index (χ2n) is 18.8. The highest BCUT2D eigenvalue weighted by Gasteiger charge is 2.26. The van der Waals surface area contributed by atoms with E-state index in [2.05, 4.69) is 13.8 Å². The fraction of sp³-hybridized carbons (Fsp3) is 0.962. The van der Waals surface area contributed by atoms with Crippen LogP contribution in [0.25, 0.3) is 0 Å². The predicted octanol–water partition coefficient (Wildman–Crippen LogP) is 16.7. The normalized spacial score (nSPS) is 13.0. The molecule has 0 aliphatic carbocycles. The van der Waals surface area contributed by atoms with Crippen LogP contribution >= 0.6 is 7.82 Å². The number of carbonyl (C=O) groups is 2. The van der Waals surface area contributed by atoms with Crippen LogP contribution in [-0.2, 0) is 32.7 Å². The molecule has 0 aromatic carbocycles. The monoisotopic (exact) mass is 916 g/mol. The van der Waals surface area contributed by atoms with Crippen molar-refractivity contribution in [3.8, 4) is 0 Å². The Bertz CT molecular complexity index is 1000. The number of hydrogen-bond acceptors (Lipinski definition) is 8. The van der Waals surface area contributed by atoms with Gasteiger partial charge in [-0.15, -0.1) is 0 Å². The Morgan fingerprint density at radius 2 is 0.683 bits per heavy atom. The zero-order valence-corrected chi connectivity index (χ0v) is 42.7. The molecule has 63 heavy (non-hydrogen) atoms. The number of unbranched alkanes of at least 4 members (excludes halogenated alkanes) is 40. The zero-order chi connectivity index (χ0) is 46.0. The van der Waals surface area contributed by atoms with E-state index in [9.17, 15) is 19.0 Å². The minimum Gasteiger partial charge on any atom is -0.462 e. The first kappa shape index (κ1) is 62.0. The molecule has 9 nitrogen and oxygen atoms in total. The van der Waals surface area contributed by atoms with Crippen molar-refractivity contribution < 1.29 is 37.6 Å². The van der Waals surface area contributed by atoms with Crippen molar-refractivity contribution in [1.82, 2.24) is 0 Å². The third-order valence-electron chi connectivity index (χ3n) is 12.5. The number of phosphoric acid groups is 1. The highest BCUT2D eigenvalue weighted by atomic mass is 31.2. The SMILES string of the molecule is CCCCCCCCCCCCCCCCCCCCCCCCCCCCCCCC(=O)OC(COC(=O)CCCCCCCCCCCCCCC)COP(=O)(O)OCCN. The zero-order valence-electron chi connectivity index (χ0n) is 41.8. The van der Waals surface area contributed by atoms with Crippen molar-refractivity contribution in [2.45, 2.75) is 302 Å². The number of esters is 2. The molecule has 0 heterocycles. The largest absolute Gasteiger partial charge is 0.472 e. The van der Waals surface area contributed by atoms with Crippen LogP contribution in [0.4, 0.5) is 0 Å². The molecule has 0 radical (unpaired) electrons. The number of rotatable bonds is 53. The number of nitrogens with two attached hydrogens (primary N) is 1. The Morgan fingerprint density at radius 1 is 0.413 bits per heavy atom. The van der Waals surface area contributed by atoms with Crippen LogP contribution in [0.5, 0.6) is 0 Å². The summed E-state index contributed by atoms with van der Waals surface area (Å²) in [4.78, 5) is 35.0. The van der Waals surface area contributed by atoms with Crippen molar-refractivity contribution in [1.29, 1.82) is 0 Å². The Balaban J connectivity index is 3.84. The number of hydrogen-bond donors (Lipinski definition) is 2. The van der Waals surface area contributed by atoms with Gasteiger partial charge in [0.15, 0.2) is 6.10 Å². The summed E-state index contributed by atoms with van der Waals surface area (Å²) in [6, 6.07) is 0. The fourth-order valence-corrected chi connectivity index (χ4v) is 9.17. The van der Waals surface area contributed by atoms with Crippen LogP contribution in [-0.4, -0.2) is 49.3 Å². The maximum Gasteiger partial charge on any atom is 0.472 e. The summed E-state index contributed by atoms with van der Waals surface area (Å²) in [6.45, 7) is 3.80. The van der Waals surface area contributed by atoms with E-state index in [1.165, 1.54) is 231 Å². The van der Waals surface area contributed by atoms with Gasteiger partial charge in [-0.25, -0.2) is 4.57 Å². The summed E-state index contributed by atoms with van der Waals surface area (Å²) in [5, 5.41) is 0. The van der Waals surface area contributed by atoms with Gasteiger partial charge in [-0.3, -0.25) is 18.6 Å². The van der Waals surface area contributed by atoms with Gasteiger partial charge < -0.3 is 20.1 Å². The molecular weight excluding hydrogens is 810 g/mol. The molecule has 0 aromatic heterocycles. The molecule has 0 fully saturated rings. The molecule has 0 aliphatic rings. The summed E-state index contributed by atoms with van der Waals surface area (Å²) >= 11 is 0. The van der Waals surface area contributed by atoms with Crippen LogP contribution in [0, 0.1) is 0 Å². The van der Waals surface area contributed by atoms with Gasteiger partial charge >= 0.3 is 19.8 Å². The highest BCUT2D eigenvalue weighted by Crippen LogP contribution is 2.43. The summed E-state index contributed by atoms with van der Waals surface area (Å²) in [5.74, 6) is -0.807. The lowest BCUT2D eigenvalue weighted by Gasteiger charge is -2.19. The van der Waals surface area contributed by atoms with E-state index in [1.54, 1.807) is 0 Å². The van der Waals surface area contributed by atoms with Gasteiger partial charge in [0.2, 0.25) is 0 Å². The lowest BCUT2D eigenvalue weighted by Crippen LogP contribution is -2.29. The minimum atomic E-state index is -4.37. The molecule has 0 amide bonds. The van der Waals surface area contributed by atoms with Crippen molar-refractivity contribution in [2.75, 3.05) is 26.4 Å². The van der Waals surface area contributed by atoms with E-state index in [1.807, 2.05) is 0 Å². The van der Waals surface area contributed by atoms with Gasteiger partial charge in [0, 0.05) is 19.4 Å². The predicted molar refractivity (Wildman–Crippen MR) is 266 cm³/mol. The molecule has 2 atom stereocenters. The van der Waals surface area contributed by atoms with Crippen LogP contribution in [0.1, 0.15) is 296 Å². The molecule has 376 valence electrons. The Morgan fingerprint density at radius 3 is 0.968 bits per heavy atom. The molecule has 0 bridgehead atoms. The summed E-state index contributed by atoms with van der Waals surface area (Å²) < 4.78 is 32.9. The maximum atomic E-state index is 12.7. The third kappa shape index (κ3) is 50.3. The lowest BCUT2D eigenvalue weighted by molar-refractivity contribution is -0.161. The van der Waals surface area contributed by atoms with E-state index in [4.69, 9.17) is 24.3 Å². The van der Waals surface area contributed by atoms with Crippen molar-refractivity contribution in [3.63, 3.8) is 0 Å². The molecule has 10 heteroatoms. The fourth-order valence-electron chi connectivity index (χ4n) is 8.40. The summed E-state index contributed by atoms with van der Waals surface area (Å²) in [7, 11) is -4.37. The lowest BCUT2D eigenvalue weighted by atomic mass is 10.0. The molecule has 0 spiro atoms. The first-order valence-corrected chi connectivity index (χ1v) is 29.0. The van der Waals surface area contributed by atoms with Crippen molar-refractivity contribution in [2.24, 2.45) is 5.73 Å². The number of phosphoric ester groups is 1. The number of carbonyl (C=O) groups excluding carboxylic acids is 2. The van der Waals surface area contributed by atoms with E-state index in [0.717, 1.165) is 32.1 Å². The van der Waals surface area contributed by atoms with E-state index >= 15 is 0 Å². The molecule has 0 rings (SSSR count). The van der Waals surface area contributed by atoms with Crippen LogP contribution < -0.4 is 5.73 Å². The third-order valence-corrected chi connectivity index (χ3v) is 13.5. The van der Waals surface area contributed by atoms with Gasteiger partial charge in [-0.2, -0.15) is 0 Å². The first-order valence-electron chi connectivity index (χ1n) is 27.5. The molecule has 0 saturated carbocycles. The molecule has 3 N–H and O–H groups in total. The average molecular weight is 916 g/mol. The van der Waals surface area contributed by atoms with Gasteiger partial charge in [0.05, 0.1) is 13.2 Å². The summed E-state index contributed by atoms with van der Waals surface area (Å²) in [6.07, 6.45) is 54.5. The van der Waals surface area contributed by atoms with Crippen LogP contribution in [0.2, 0.25) is 0 Å².